The van der Waals surface area contributed by atoms with Gasteiger partial charge in [0.1, 0.15) is 0 Å². The van der Waals surface area contributed by atoms with Crippen molar-refractivity contribution in [2.75, 3.05) is 12.4 Å². The fourth-order valence-corrected chi connectivity index (χ4v) is 4.23. The number of ether oxygens (including phenoxy) is 1. The molecule has 9 heteroatoms. The van der Waals surface area contributed by atoms with E-state index in [0.717, 1.165) is 34.5 Å². The van der Waals surface area contributed by atoms with Gasteiger partial charge in [-0.1, -0.05) is 17.8 Å². The molecule has 0 aromatic carbocycles. The highest BCUT2D eigenvalue weighted by molar-refractivity contribution is 7.99. The van der Waals surface area contributed by atoms with E-state index in [4.69, 9.17) is 10.5 Å². The first-order valence-electron chi connectivity index (χ1n) is 7.70. The molecule has 0 spiro atoms. The molecule has 2 aromatic rings. The Hall–Kier alpha value is -1.87. The highest BCUT2D eigenvalue weighted by atomic mass is 32.2. The molecule has 2 N–H and O–H groups in total. The van der Waals surface area contributed by atoms with E-state index in [1.807, 2.05) is 22.1 Å². The van der Waals surface area contributed by atoms with Crippen molar-refractivity contribution < 1.29 is 14.3 Å². The highest BCUT2D eigenvalue weighted by Crippen LogP contribution is 2.29. The summed E-state index contributed by atoms with van der Waals surface area (Å²) in [5.74, 6) is 1.01. The molecule has 0 saturated carbocycles. The third kappa shape index (κ3) is 3.96. The molecule has 3 rings (SSSR count). The largest absolute Gasteiger partial charge is 0.465 e. The maximum Gasteiger partial charge on any atom is 0.309 e. The molecule has 7 nitrogen and oxygen atoms in total. The molecule has 1 aliphatic heterocycles. The molecule has 1 fully saturated rings. The van der Waals surface area contributed by atoms with Crippen LogP contribution >= 0.6 is 23.1 Å². The molecular weight excluding hydrogens is 348 g/mol. The van der Waals surface area contributed by atoms with Gasteiger partial charge in [0.25, 0.3) is 0 Å². The molecule has 1 atom stereocenters. The maximum absolute atomic E-state index is 11.5. The van der Waals surface area contributed by atoms with Gasteiger partial charge in [0.2, 0.25) is 5.91 Å². The minimum Gasteiger partial charge on any atom is -0.465 e. The molecule has 2 aromatic heterocycles. The molecule has 3 heterocycles. The second-order valence-corrected chi connectivity index (χ2v) is 7.45. The number of thioether (sulfide) groups is 1. The standard InChI is InChI=1S/C15H18N4O3S2/c16-12(20)3-6-19-13(11-2-1-8-23-11)17-18-15(19)24-9-5-10-4-7-22-14(10)21/h1-2,8,10H,3-7,9H2,(H2,16,20)/t10-/m1/s1. The van der Waals surface area contributed by atoms with Gasteiger partial charge in [-0.05, 0) is 24.3 Å². The number of carbonyl (C=O) groups excluding carboxylic acids is 2. The molecule has 1 amide bonds. The van der Waals surface area contributed by atoms with E-state index < -0.39 is 0 Å². The summed E-state index contributed by atoms with van der Waals surface area (Å²) in [4.78, 5) is 23.6. The van der Waals surface area contributed by atoms with Crippen LogP contribution in [0.2, 0.25) is 0 Å². The number of thiophene rings is 1. The van der Waals surface area contributed by atoms with Gasteiger partial charge in [0.05, 0.1) is 17.4 Å². The lowest BCUT2D eigenvalue weighted by molar-refractivity contribution is -0.141. The number of hydrogen-bond donors (Lipinski definition) is 1. The monoisotopic (exact) mass is 366 g/mol. The molecular formula is C15H18N4O3S2. The van der Waals surface area contributed by atoms with Crippen molar-refractivity contribution in [2.45, 2.75) is 31.0 Å². The fraction of sp³-hybridized carbons (Fsp3) is 0.467. The zero-order valence-electron chi connectivity index (χ0n) is 13.0. The highest BCUT2D eigenvalue weighted by Gasteiger charge is 2.26. The first-order valence-corrected chi connectivity index (χ1v) is 9.56. The van der Waals surface area contributed by atoms with Crippen LogP contribution in [0.1, 0.15) is 19.3 Å². The Bertz CT molecular complexity index is 714. The van der Waals surface area contributed by atoms with Gasteiger partial charge >= 0.3 is 5.97 Å². The van der Waals surface area contributed by atoms with Crippen molar-refractivity contribution in [3.63, 3.8) is 0 Å². The van der Waals surface area contributed by atoms with E-state index in [1.165, 1.54) is 11.8 Å². The number of nitrogens with zero attached hydrogens (tertiary/aromatic N) is 3. The minimum atomic E-state index is -0.356. The molecule has 128 valence electrons. The molecule has 0 bridgehead atoms. The summed E-state index contributed by atoms with van der Waals surface area (Å²) in [6.07, 6.45) is 1.77. The summed E-state index contributed by atoms with van der Waals surface area (Å²) in [5.41, 5.74) is 5.28. The third-order valence-electron chi connectivity index (χ3n) is 3.78. The summed E-state index contributed by atoms with van der Waals surface area (Å²) in [7, 11) is 0. The summed E-state index contributed by atoms with van der Waals surface area (Å²) < 4.78 is 6.90. The van der Waals surface area contributed by atoms with Crippen LogP contribution in [0.25, 0.3) is 10.7 Å². The van der Waals surface area contributed by atoms with E-state index in [2.05, 4.69) is 10.2 Å². The maximum atomic E-state index is 11.5. The van der Waals surface area contributed by atoms with Gasteiger partial charge in [-0.25, -0.2) is 0 Å². The number of hydrogen-bond acceptors (Lipinski definition) is 7. The van der Waals surface area contributed by atoms with Crippen LogP contribution in [0.5, 0.6) is 0 Å². The quantitative estimate of drug-likeness (QED) is 0.566. The van der Waals surface area contributed by atoms with Gasteiger partial charge in [-0.3, -0.25) is 9.59 Å². The van der Waals surface area contributed by atoms with E-state index in [-0.39, 0.29) is 24.2 Å². The number of esters is 1. The SMILES string of the molecule is NC(=O)CCn1c(SCC[C@H]2CCOC2=O)nnc1-c1cccs1. The van der Waals surface area contributed by atoms with E-state index in [0.29, 0.717) is 13.2 Å². The van der Waals surface area contributed by atoms with Crippen LogP contribution in [0, 0.1) is 5.92 Å². The van der Waals surface area contributed by atoms with Crippen LogP contribution in [0.15, 0.2) is 22.7 Å². The topological polar surface area (TPSA) is 100 Å². The Kier molecular flexibility index (Phi) is 5.52. The van der Waals surface area contributed by atoms with Gasteiger partial charge in [-0.15, -0.1) is 21.5 Å². The average molecular weight is 366 g/mol. The first kappa shape index (κ1) is 17.0. The lowest BCUT2D eigenvalue weighted by Gasteiger charge is -2.09. The molecule has 1 aliphatic rings. The van der Waals surface area contributed by atoms with Gasteiger partial charge < -0.3 is 15.0 Å². The summed E-state index contributed by atoms with van der Waals surface area (Å²) in [5, 5.41) is 11.2. The fourth-order valence-electron chi connectivity index (χ4n) is 2.50. The smallest absolute Gasteiger partial charge is 0.309 e. The molecule has 1 saturated heterocycles. The number of primary amides is 1. The van der Waals surface area contributed by atoms with Crippen molar-refractivity contribution in [1.82, 2.24) is 14.8 Å². The Morgan fingerprint density at radius 2 is 2.38 bits per heavy atom. The third-order valence-corrected chi connectivity index (χ3v) is 5.65. The Morgan fingerprint density at radius 3 is 3.04 bits per heavy atom. The van der Waals surface area contributed by atoms with Crippen LogP contribution in [-0.4, -0.2) is 39.0 Å². The van der Waals surface area contributed by atoms with Crippen molar-refractivity contribution in [2.24, 2.45) is 11.7 Å². The first-order chi connectivity index (χ1) is 11.6. The number of nitrogens with two attached hydrogens (primary N) is 1. The Labute approximate surface area is 147 Å². The van der Waals surface area contributed by atoms with Crippen molar-refractivity contribution in [1.29, 1.82) is 0 Å². The van der Waals surface area contributed by atoms with Gasteiger partial charge in [0.15, 0.2) is 11.0 Å². The summed E-state index contributed by atoms with van der Waals surface area (Å²) >= 11 is 3.11. The van der Waals surface area contributed by atoms with Gasteiger partial charge in [0, 0.05) is 18.7 Å². The van der Waals surface area contributed by atoms with Crippen molar-refractivity contribution >= 4 is 35.0 Å². The minimum absolute atomic E-state index is 0.0174. The normalized spacial score (nSPS) is 17.2. The van der Waals surface area contributed by atoms with Crippen LogP contribution in [0.4, 0.5) is 0 Å². The van der Waals surface area contributed by atoms with Crippen LogP contribution in [0.3, 0.4) is 0 Å². The zero-order chi connectivity index (χ0) is 16.9. The van der Waals surface area contributed by atoms with E-state index >= 15 is 0 Å². The Morgan fingerprint density at radius 1 is 1.50 bits per heavy atom. The second-order valence-electron chi connectivity index (χ2n) is 5.44. The molecule has 0 aliphatic carbocycles. The predicted molar refractivity (Wildman–Crippen MR) is 91.6 cm³/mol. The van der Waals surface area contributed by atoms with Crippen molar-refractivity contribution in [3.05, 3.63) is 17.5 Å². The van der Waals surface area contributed by atoms with E-state index in [1.54, 1.807) is 11.3 Å². The zero-order valence-corrected chi connectivity index (χ0v) is 14.6. The number of cyclic esters (lactones) is 1. The molecule has 0 unspecified atom stereocenters. The second kappa shape index (κ2) is 7.80. The number of amides is 1. The van der Waals surface area contributed by atoms with Crippen molar-refractivity contribution in [3.8, 4) is 10.7 Å². The number of aromatic nitrogens is 3. The van der Waals surface area contributed by atoms with Crippen LogP contribution in [-0.2, 0) is 20.9 Å². The summed E-state index contributed by atoms with van der Waals surface area (Å²) in [6.45, 7) is 0.967. The van der Waals surface area contributed by atoms with Crippen LogP contribution < -0.4 is 5.73 Å². The Balaban J connectivity index is 1.69. The van der Waals surface area contributed by atoms with E-state index in [9.17, 15) is 9.59 Å². The number of carbonyl (C=O) groups is 2. The summed E-state index contributed by atoms with van der Waals surface area (Å²) in [6, 6.07) is 3.92. The lowest BCUT2D eigenvalue weighted by Crippen LogP contribution is -2.15. The van der Waals surface area contributed by atoms with Gasteiger partial charge in [-0.2, -0.15) is 0 Å². The molecule has 24 heavy (non-hydrogen) atoms. The predicted octanol–water partition coefficient (Wildman–Crippen LogP) is 1.93. The average Bonchev–Trinajstić information content (AvgIpc) is 3.27. The molecule has 0 radical (unpaired) electrons. The number of rotatable bonds is 8. The lowest BCUT2D eigenvalue weighted by atomic mass is 10.1.